The predicted octanol–water partition coefficient (Wildman–Crippen LogP) is 1.41. The fourth-order valence-corrected chi connectivity index (χ4v) is 5.28. The molecule has 0 unspecified atom stereocenters. The maximum absolute atomic E-state index is 11.6. The lowest BCUT2D eigenvalue weighted by molar-refractivity contribution is 0.374. The molecule has 0 saturated carbocycles. The Balaban J connectivity index is 0.000000292. The Labute approximate surface area is 163 Å². The predicted molar refractivity (Wildman–Crippen MR) is 108 cm³/mol. The van der Waals surface area contributed by atoms with Crippen LogP contribution in [0.4, 0.5) is 11.4 Å². The van der Waals surface area contributed by atoms with Crippen molar-refractivity contribution in [3.63, 3.8) is 0 Å². The van der Waals surface area contributed by atoms with Crippen LogP contribution in [0.2, 0.25) is 0 Å². The van der Waals surface area contributed by atoms with Crippen molar-refractivity contribution in [2.75, 3.05) is 23.4 Å². The van der Waals surface area contributed by atoms with Crippen LogP contribution in [0.3, 0.4) is 0 Å². The average molecular weight is 448 g/mol. The summed E-state index contributed by atoms with van der Waals surface area (Å²) < 4.78 is 56.1. The average Bonchev–Trinajstić information content (AvgIpc) is 2.60. The molecule has 2 aromatic carbocycles. The lowest BCUT2D eigenvalue weighted by Gasteiger charge is -2.05. The quantitative estimate of drug-likeness (QED) is 0.375. The van der Waals surface area contributed by atoms with Crippen LogP contribution in [0, 0.1) is 0 Å². The van der Waals surface area contributed by atoms with Gasteiger partial charge in [0.2, 0.25) is 0 Å². The SMILES string of the molecule is C=CS(=O)(=O)c1cccc(N)c1.Nc1ccc(S(=O)(=O)CCP(=O)(O)O)cc1. The minimum Gasteiger partial charge on any atom is -0.399 e. The highest BCUT2D eigenvalue weighted by Crippen LogP contribution is 2.34. The number of sulfone groups is 2. The second-order valence-electron chi connectivity index (χ2n) is 5.56. The number of hydrogen-bond acceptors (Lipinski definition) is 7. The third kappa shape index (κ3) is 7.83. The molecular formula is C16H21N2O7PS2. The van der Waals surface area contributed by atoms with Gasteiger partial charge >= 0.3 is 7.60 Å². The molecule has 0 saturated heterocycles. The van der Waals surface area contributed by atoms with Crippen molar-refractivity contribution in [1.29, 1.82) is 0 Å². The smallest absolute Gasteiger partial charge is 0.326 e. The van der Waals surface area contributed by atoms with E-state index in [0.29, 0.717) is 11.4 Å². The molecule has 0 spiro atoms. The van der Waals surface area contributed by atoms with Crippen LogP contribution in [0.5, 0.6) is 0 Å². The fraction of sp³-hybridized carbons (Fsp3) is 0.125. The number of rotatable bonds is 6. The Morgan fingerprint density at radius 2 is 1.50 bits per heavy atom. The van der Waals surface area contributed by atoms with Gasteiger partial charge in [-0.25, -0.2) is 16.8 Å². The summed E-state index contributed by atoms with van der Waals surface area (Å²) in [5.74, 6) is -0.582. The standard InChI is InChI=1S/C8H12NO5PS.C8H9NO2S/c9-7-1-3-8(4-2-7)16(13,14)6-5-15(10,11)12;1-2-12(10,11)8-5-3-4-7(9)6-8/h1-4H,5-6,9H2,(H2,10,11,12);2-6H,1,9H2. The van der Waals surface area contributed by atoms with E-state index < -0.39 is 39.2 Å². The Morgan fingerprint density at radius 3 is 1.96 bits per heavy atom. The normalized spacial score (nSPS) is 11.9. The third-order valence-corrected chi connectivity index (χ3v) is 7.49. The monoisotopic (exact) mass is 448 g/mol. The number of anilines is 2. The number of benzene rings is 2. The van der Waals surface area contributed by atoms with Crippen molar-refractivity contribution in [1.82, 2.24) is 0 Å². The number of hydrogen-bond donors (Lipinski definition) is 4. The molecule has 2 aromatic rings. The second kappa shape index (κ2) is 9.35. The van der Waals surface area contributed by atoms with E-state index >= 15 is 0 Å². The van der Waals surface area contributed by atoms with Crippen LogP contribution >= 0.6 is 7.60 Å². The molecule has 0 atom stereocenters. The molecule has 0 aliphatic rings. The Kier molecular flexibility index (Phi) is 7.97. The van der Waals surface area contributed by atoms with Gasteiger partial charge in [-0.1, -0.05) is 12.6 Å². The van der Waals surface area contributed by atoms with Crippen molar-refractivity contribution >= 4 is 38.6 Å². The van der Waals surface area contributed by atoms with Gasteiger partial charge in [-0.2, -0.15) is 0 Å². The van der Waals surface area contributed by atoms with Gasteiger partial charge in [0.15, 0.2) is 19.7 Å². The highest BCUT2D eigenvalue weighted by Gasteiger charge is 2.21. The largest absolute Gasteiger partial charge is 0.399 e. The zero-order valence-corrected chi connectivity index (χ0v) is 17.2. The van der Waals surface area contributed by atoms with Crippen molar-refractivity contribution in [3.8, 4) is 0 Å². The first-order chi connectivity index (χ1) is 12.8. The van der Waals surface area contributed by atoms with Gasteiger partial charge in [-0.15, -0.1) is 0 Å². The van der Waals surface area contributed by atoms with E-state index in [2.05, 4.69) is 6.58 Å². The molecule has 6 N–H and O–H groups in total. The summed E-state index contributed by atoms with van der Waals surface area (Å²) in [4.78, 5) is 17.4. The van der Waals surface area contributed by atoms with Crippen LogP contribution < -0.4 is 11.5 Å². The molecule has 0 aliphatic carbocycles. The van der Waals surface area contributed by atoms with Crippen LogP contribution in [0.25, 0.3) is 0 Å². The van der Waals surface area contributed by atoms with E-state index in [-0.39, 0.29) is 9.79 Å². The zero-order chi connectivity index (χ0) is 21.6. The molecule has 2 rings (SSSR count). The van der Waals surface area contributed by atoms with Gasteiger partial charge < -0.3 is 21.3 Å². The lowest BCUT2D eigenvalue weighted by atomic mass is 10.3. The Morgan fingerprint density at radius 1 is 0.929 bits per heavy atom. The lowest BCUT2D eigenvalue weighted by Crippen LogP contribution is -2.10. The molecule has 0 bridgehead atoms. The van der Waals surface area contributed by atoms with Gasteiger partial charge in [0.1, 0.15) is 0 Å². The van der Waals surface area contributed by atoms with Crippen LogP contribution in [-0.4, -0.2) is 38.5 Å². The maximum Gasteiger partial charge on any atom is 0.326 e. The molecule has 0 radical (unpaired) electrons. The van der Waals surface area contributed by atoms with Gasteiger partial charge in [0.25, 0.3) is 0 Å². The summed E-state index contributed by atoms with van der Waals surface area (Å²) in [7, 11) is -11.3. The van der Waals surface area contributed by atoms with E-state index in [1.807, 2.05) is 0 Å². The summed E-state index contributed by atoms with van der Waals surface area (Å²) in [6, 6.07) is 11.6. The van der Waals surface area contributed by atoms with Crippen molar-refractivity contribution in [2.45, 2.75) is 9.79 Å². The molecule has 12 heteroatoms. The highest BCUT2D eigenvalue weighted by atomic mass is 32.2. The second-order valence-corrected chi connectivity index (χ2v) is 11.3. The van der Waals surface area contributed by atoms with Crippen LogP contribution in [-0.2, 0) is 24.2 Å². The summed E-state index contributed by atoms with van der Waals surface area (Å²) in [6.07, 6.45) is -0.681. The number of nitrogens with two attached hydrogens (primary N) is 2. The maximum atomic E-state index is 11.6. The van der Waals surface area contributed by atoms with E-state index in [4.69, 9.17) is 21.3 Å². The van der Waals surface area contributed by atoms with Gasteiger partial charge in [0, 0.05) is 16.8 Å². The highest BCUT2D eigenvalue weighted by molar-refractivity contribution is 7.94. The van der Waals surface area contributed by atoms with E-state index in [1.165, 1.54) is 36.4 Å². The molecule has 0 amide bonds. The molecule has 9 nitrogen and oxygen atoms in total. The molecule has 0 aliphatic heterocycles. The minimum atomic E-state index is -4.30. The van der Waals surface area contributed by atoms with Crippen molar-refractivity contribution in [2.24, 2.45) is 0 Å². The summed E-state index contributed by atoms with van der Waals surface area (Å²) in [6.45, 7) is 3.21. The molecule has 0 fully saturated rings. The van der Waals surface area contributed by atoms with Gasteiger partial charge in [-0.05, 0) is 42.5 Å². The molecular weight excluding hydrogens is 427 g/mol. The van der Waals surface area contributed by atoms with E-state index in [9.17, 15) is 21.4 Å². The minimum absolute atomic E-state index is 0.00940. The van der Waals surface area contributed by atoms with Gasteiger partial charge in [0.05, 0.1) is 21.7 Å². The molecule has 154 valence electrons. The van der Waals surface area contributed by atoms with Crippen LogP contribution in [0.15, 0.2) is 70.3 Å². The first kappa shape index (κ1) is 23.9. The first-order valence-electron chi connectivity index (χ1n) is 7.63. The molecule has 0 aromatic heterocycles. The number of nitrogen functional groups attached to an aromatic ring is 2. The fourth-order valence-electron chi connectivity index (χ4n) is 1.82. The van der Waals surface area contributed by atoms with Gasteiger partial charge in [-0.3, -0.25) is 4.57 Å². The zero-order valence-electron chi connectivity index (χ0n) is 14.7. The van der Waals surface area contributed by atoms with Crippen LogP contribution in [0.1, 0.15) is 0 Å². The molecule has 0 heterocycles. The summed E-state index contributed by atoms with van der Waals surface area (Å²) in [5, 5.41) is 0.905. The Bertz CT molecular complexity index is 1080. The van der Waals surface area contributed by atoms with Crippen molar-refractivity contribution < 1.29 is 31.2 Å². The third-order valence-electron chi connectivity index (χ3n) is 3.30. The molecule has 28 heavy (non-hydrogen) atoms. The van der Waals surface area contributed by atoms with E-state index in [1.54, 1.807) is 12.1 Å². The van der Waals surface area contributed by atoms with Crippen molar-refractivity contribution in [3.05, 3.63) is 60.5 Å². The summed E-state index contributed by atoms with van der Waals surface area (Å²) >= 11 is 0. The summed E-state index contributed by atoms with van der Waals surface area (Å²) in [5.41, 5.74) is 11.7. The first-order valence-corrected chi connectivity index (χ1v) is 12.6. The Hall–Kier alpha value is -2.17. The topological polar surface area (TPSA) is 178 Å². The van der Waals surface area contributed by atoms with E-state index in [0.717, 1.165) is 5.41 Å².